The summed E-state index contributed by atoms with van der Waals surface area (Å²) in [5.41, 5.74) is 7.58. The number of nitrogen functional groups attached to an aromatic ring is 1. The third kappa shape index (κ3) is 4.13. The molecule has 0 spiro atoms. The number of nitrogens with zero attached hydrogens (tertiary/aromatic N) is 2. The molecule has 0 saturated heterocycles. The van der Waals surface area contributed by atoms with Crippen LogP contribution in [0.25, 0.3) is 5.70 Å². The summed E-state index contributed by atoms with van der Waals surface area (Å²) in [5.74, 6) is -1.64. The molecule has 0 aliphatic rings. The number of nitrogens with two attached hydrogens (primary N) is 1. The van der Waals surface area contributed by atoms with E-state index in [9.17, 15) is 14.3 Å². The second-order valence-electron chi connectivity index (χ2n) is 6.07. The maximum absolute atomic E-state index is 13.7. The lowest BCUT2D eigenvalue weighted by atomic mass is 10.1. The van der Waals surface area contributed by atoms with Gasteiger partial charge in [-0.1, -0.05) is 54.6 Å². The number of benzene rings is 2. The Labute approximate surface area is 166 Å². The lowest BCUT2D eigenvalue weighted by Crippen LogP contribution is -2.17. The van der Waals surface area contributed by atoms with E-state index in [1.165, 1.54) is 12.1 Å². The summed E-state index contributed by atoms with van der Waals surface area (Å²) in [6, 6.07) is 15.2. The first kappa shape index (κ1) is 19.4. The quantitative estimate of drug-likeness (QED) is 0.603. The van der Waals surface area contributed by atoms with Gasteiger partial charge in [0.2, 0.25) is 0 Å². The normalized spacial score (nSPS) is 11.4. The molecule has 28 heavy (non-hydrogen) atoms. The van der Waals surface area contributed by atoms with E-state index in [1.54, 1.807) is 16.8 Å². The molecule has 5 nitrogen and oxygen atoms in total. The summed E-state index contributed by atoms with van der Waals surface area (Å²) in [6.07, 6.45) is 1.70. The Bertz CT molecular complexity index is 1070. The maximum Gasteiger partial charge on any atom is 0.355 e. The molecule has 3 N–H and O–H groups in total. The topological polar surface area (TPSA) is 80.6 Å². The molecule has 0 aliphatic heterocycles. The van der Waals surface area contributed by atoms with Gasteiger partial charge in [0.05, 0.1) is 10.7 Å². The maximum atomic E-state index is 13.7. The van der Waals surface area contributed by atoms with Crippen LogP contribution in [0.5, 0.6) is 0 Å². The summed E-state index contributed by atoms with van der Waals surface area (Å²) in [5, 5.41) is 9.57. The van der Waals surface area contributed by atoms with Crippen molar-refractivity contribution in [3.63, 3.8) is 0 Å². The molecule has 0 unspecified atom stereocenters. The van der Waals surface area contributed by atoms with Crippen LogP contribution in [0.3, 0.4) is 0 Å². The van der Waals surface area contributed by atoms with Gasteiger partial charge in [-0.15, -0.1) is 0 Å². The summed E-state index contributed by atoms with van der Waals surface area (Å²) in [4.78, 5) is 15.9. The van der Waals surface area contributed by atoms with Crippen LogP contribution in [-0.4, -0.2) is 21.4 Å². The van der Waals surface area contributed by atoms with Crippen LogP contribution in [0.4, 0.5) is 10.2 Å². The number of aliphatic imine (C=N–C) groups is 1. The highest BCUT2D eigenvalue weighted by Gasteiger charge is 2.19. The van der Waals surface area contributed by atoms with Gasteiger partial charge in [-0.2, -0.15) is 0 Å². The number of hydrogen-bond acceptors (Lipinski definition) is 3. The molecular formula is C21H17ClFN3O2. The Morgan fingerprint density at radius 2 is 1.93 bits per heavy atom. The average molecular weight is 398 g/mol. The third-order valence-electron chi connectivity index (χ3n) is 4.16. The van der Waals surface area contributed by atoms with Crippen molar-refractivity contribution in [1.29, 1.82) is 0 Å². The lowest BCUT2D eigenvalue weighted by Gasteiger charge is -2.08. The van der Waals surface area contributed by atoms with Gasteiger partial charge in [0, 0.05) is 23.9 Å². The second kappa shape index (κ2) is 8.10. The average Bonchev–Trinajstić information content (AvgIpc) is 3.02. The molecular weight excluding hydrogens is 381 g/mol. The first-order valence-electron chi connectivity index (χ1n) is 8.32. The van der Waals surface area contributed by atoms with E-state index in [2.05, 4.69) is 11.6 Å². The molecule has 142 valence electrons. The van der Waals surface area contributed by atoms with Crippen molar-refractivity contribution < 1.29 is 14.3 Å². The largest absolute Gasteiger partial charge is 0.476 e. The number of carboxylic acids is 1. The highest BCUT2D eigenvalue weighted by Crippen LogP contribution is 2.23. The molecule has 1 heterocycles. The van der Waals surface area contributed by atoms with Gasteiger partial charge >= 0.3 is 5.97 Å². The standard InChI is InChI=1S/C21H17ClFN3O2/c1-13(15-7-8-17(22)18(23)11-15)25-19(21(27)28)16-9-10-26(20(16)24)12-14-5-3-2-4-6-14/h2-11H,1,12,24H2,(H,27,28). The van der Waals surface area contributed by atoms with Crippen molar-refractivity contribution in [2.45, 2.75) is 6.54 Å². The number of halogens is 2. The van der Waals surface area contributed by atoms with Crippen LogP contribution in [0, 0.1) is 5.82 Å². The third-order valence-corrected chi connectivity index (χ3v) is 4.47. The molecule has 1 aromatic heterocycles. The molecule has 0 fully saturated rings. The summed E-state index contributed by atoms with van der Waals surface area (Å²) >= 11 is 5.67. The molecule has 0 radical (unpaired) electrons. The fraction of sp³-hybridized carbons (Fsp3) is 0.0476. The Hall–Kier alpha value is -3.38. The van der Waals surface area contributed by atoms with Gasteiger partial charge in [-0.3, -0.25) is 0 Å². The number of carboxylic acid groups (broad SMARTS) is 1. The number of aliphatic carboxylic acids is 1. The Balaban J connectivity index is 1.94. The molecule has 0 aliphatic carbocycles. The highest BCUT2D eigenvalue weighted by molar-refractivity contribution is 6.44. The first-order chi connectivity index (χ1) is 13.4. The van der Waals surface area contributed by atoms with Crippen molar-refractivity contribution >= 4 is 34.8 Å². The van der Waals surface area contributed by atoms with Crippen molar-refractivity contribution in [1.82, 2.24) is 4.57 Å². The number of anilines is 1. The minimum absolute atomic E-state index is 0.0405. The SMILES string of the molecule is C=C(N=C(C(=O)O)c1ccn(Cc2ccccc2)c1N)c1ccc(Cl)c(F)c1. The van der Waals surface area contributed by atoms with Crippen molar-refractivity contribution in [2.24, 2.45) is 4.99 Å². The van der Waals surface area contributed by atoms with Gasteiger partial charge in [0.25, 0.3) is 0 Å². The van der Waals surface area contributed by atoms with Gasteiger partial charge in [0.15, 0.2) is 5.71 Å². The van der Waals surface area contributed by atoms with E-state index in [4.69, 9.17) is 17.3 Å². The van der Waals surface area contributed by atoms with E-state index in [0.29, 0.717) is 12.1 Å². The molecule has 2 aromatic carbocycles. The van der Waals surface area contributed by atoms with Crippen LogP contribution in [-0.2, 0) is 11.3 Å². The van der Waals surface area contributed by atoms with Gasteiger partial charge in [-0.25, -0.2) is 14.2 Å². The molecule has 3 rings (SSSR count). The first-order valence-corrected chi connectivity index (χ1v) is 8.70. The molecule has 0 saturated carbocycles. The van der Waals surface area contributed by atoms with E-state index < -0.39 is 11.8 Å². The minimum Gasteiger partial charge on any atom is -0.476 e. The van der Waals surface area contributed by atoms with Crippen LogP contribution in [0.2, 0.25) is 5.02 Å². The van der Waals surface area contributed by atoms with E-state index >= 15 is 0 Å². The summed E-state index contributed by atoms with van der Waals surface area (Å²) in [7, 11) is 0. The predicted octanol–water partition coefficient (Wildman–Crippen LogP) is 4.46. The Kier molecular flexibility index (Phi) is 5.61. The molecule has 0 amide bonds. The smallest absolute Gasteiger partial charge is 0.355 e. The van der Waals surface area contributed by atoms with Crippen LogP contribution in [0.1, 0.15) is 16.7 Å². The van der Waals surface area contributed by atoms with Crippen LogP contribution < -0.4 is 5.73 Å². The van der Waals surface area contributed by atoms with Gasteiger partial charge < -0.3 is 15.4 Å². The fourth-order valence-electron chi connectivity index (χ4n) is 2.70. The summed E-state index contributed by atoms with van der Waals surface area (Å²) < 4.78 is 15.4. The number of hydrogen-bond donors (Lipinski definition) is 2. The zero-order valence-electron chi connectivity index (χ0n) is 14.8. The lowest BCUT2D eigenvalue weighted by molar-refractivity contribution is -0.129. The monoisotopic (exact) mass is 397 g/mol. The van der Waals surface area contributed by atoms with Crippen molar-refractivity contribution in [3.8, 4) is 0 Å². The number of aromatic nitrogens is 1. The van der Waals surface area contributed by atoms with Crippen molar-refractivity contribution in [3.05, 3.63) is 94.9 Å². The van der Waals surface area contributed by atoms with Gasteiger partial charge in [0.1, 0.15) is 11.6 Å². The zero-order chi connectivity index (χ0) is 20.3. The molecule has 0 atom stereocenters. The van der Waals surface area contributed by atoms with E-state index in [-0.39, 0.29) is 27.8 Å². The Morgan fingerprint density at radius 3 is 2.57 bits per heavy atom. The second-order valence-corrected chi connectivity index (χ2v) is 6.48. The zero-order valence-corrected chi connectivity index (χ0v) is 15.5. The van der Waals surface area contributed by atoms with E-state index in [0.717, 1.165) is 11.6 Å². The predicted molar refractivity (Wildman–Crippen MR) is 109 cm³/mol. The number of rotatable bonds is 6. The number of carbonyl (C=O) groups is 1. The molecule has 3 aromatic rings. The van der Waals surface area contributed by atoms with Crippen molar-refractivity contribution in [2.75, 3.05) is 5.73 Å². The fourth-order valence-corrected chi connectivity index (χ4v) is 2.82. The minimum atomic E-state index is -1.26. The molecule has 0 bridgehead atoms. The Morgan fingerprint density at radius 1 is 1.21 bits per heavy atom. The van der Waals surface area contributed by atoms with Crippen LogP contribution >= 0.6 is 11.6 Å². The van der Waals surface area contributed by atoms with E-state index in [1.807, 2.05) is 30.3 Å². The van der Waals surface area contributed by atoms with Gasteiger partial charge in [-0.05, 0) is 23.8 Å². The van der Waals surface area contributed by atoms with Crippen LogP contribution in [0.15, 0.2) is 72.4 Å². The summed E-state index contributed by atoms with van der Waals surface area (Å²) in [6.45, 7) is 4.23. The highest BCUT2D eigenvalue weighted by atomic mass is 35.5. The molecule has 7 heteroatoms.